The molecule has 1 N–H and O–H groups in total. The molecule has 0 bridgehead atoms. The van der Waals surface area contributed by atoms with Crippen LogP contribution < -0.4 is 10.9 Å². The number of benzene rings is 2. The molecule has 0 saturated carbocycles. The molecular weight excluding hydrogens is 432 g/mol. The molecule has 3 aromatic heterocycles. The summed E-state index contributed by atoms with van der Waals surface area (Å²) in [5, 5.41) is 7.55. The van der Waals surface area contributed by atoms with Gasteiger partial charge in [-0.05, 0) is 37.3 Å². The first kappa shape index (κ1) is 20.6. The van der Waals surface area contributed by atoms with Crippen molar-refractivity contribution in [1.29, 1.82) is 0 Å². The summed E-state index contributed by atoms with van der Waals surface area (Å²) in [5.41, 5.74) is 1.25. The quantitative estimate of drug-likeness (QED) is 0.442. The number of aromatic nitrogens is 4. The number of carbonyl (C=O) groups is 1. The van der Waals surface area contributed by atoms with Gasteiger partial charge < -0.3 is 9.73 Å². The summed E-state index contributed by atoms with van der Waals surface area (Å²) in [6.45, 7) is 1.31. The number of furan rings is 1. The van der Waals surface area contributed by atoms with E-state index >= 15 is 0 Å². The van der Waals surface area contributed by atoms with Gasteiger partial charge in [0, 0.05) is 16.5 Å². The first-order valence-corrected chi connectivity index (χ1v) is 10.0. The third kappa shape index (κ3) is 3.75. The summed E-state index contributed by atoms with van der Waals surface area (Å²) in [6.07, 6.45) is 2.79. The Balaban J connectivity index is 1.40. The predicted octanol–water partition coefficient (Wildman–Crippen LogP) is 3.61. The lowest BCUT2D eigenvalue weighted by Crippen LogP contribution is -2.28. The third-order valence-electron chi connectivity index (χ3n) is 5.27. The topological polar surface area (TPSA) is 95.0 Å². The molecule has 5 rings (SSSR count). The second-order valence-electron chi connectivity index (χ2n) is 7.57. The average molecular weight is 449 g/mol. The van der Waals surface area contributed by atoms with Crippen LogP contribution in [0.4, 0.5) is 14.6 Å². The minimum absolute atomic E-state index is 0.0642. The van der Waals surface area contributed by atoms with Crippen molar-refractivity contribution in [1.82, 2.24) is 19.3 Å². The predicted molar refractivity (Wildman–Crippen MR) is 117 cm³/mol. The molecule has 33 heavy (non-hydrogen) atoms. The number of para-hydroxylation sites is 1. The lowest BCUT2D eigenvalue weighted by molar-refractivity contribution is -0.116. The second kappa shape index (κ2) is 7.97. The van der Waals surface area contributed by atoms with Gasteiger partial charge in [-0.25, -0.2) is 18.4 Å². The maximum absolute atomic E-state index is 14.0. The van der Waals surface area contributed by atoms with Crippen LogP contribution in [0.5, 0.6) is 0 Å². The molecule has 0 atom stereocenters. The van der Waals surface area contributed by atoms with Gasteiger partial charge >= 0.3 is 0 Å². The van der Waals surface area contributed by atoms with Crippen molar-refractivity contribution in [2.24, 2.45) is 0 Å². The highest BCUT2D eigenvalue weighted by molar-refractivity contribution is 6.01. The Labute approximate surface area is 185 Å². The van der Waals surface area contributed by atoms with Crippen molar-refractivity contribution in [2.45, 2.75) is 20.0 Å². The number of carbonyl (C=O) groups excluding carboxylic acids is 1. The van der Waals surface area contributed by atoms with Crippen molar-refractivity contribution in [3.05, 3.63) is 88.1 Å². The van der Waals surface area contributed by atoms with Gasteiger partial charge in [-0.3, -0.25) is 14.2 Å². The van der Waals surface area contributed by atoms with E-state index in [4.69, 9.17) is 4.42 Å². The lowest BCUT2D eigenvalue weighted by Gasteiger charge is -2.11. The number of hydrogen-bond donors (Lipinski definition) is 1. The van der Waals surface area contributed by atoms with Crippen molar-refractivity contribution < 1.29 is 18.0 Å². The van der Waals surface area contributed by atoms with Crippen LogP contribution in [-0.4, -0.2) is 25.2 Å². The van der Waals surface area contributed by atoms with E-state index in [-0.39, 0.29) is 24.2 Å². The van der Waals surface area contributed by atoms with E-state index in [0.29, 0.717) is 27.9 Å². The number of nitrogens with one attached hydrogen (secondary N) is 1. The van der Waals surface area contributed by atoms with E-state index in [9.17, 15) is 18.4 Å². The number of amides is 1. The van der Waals surface area contributed by atoms with Gasteiger partial charge in [0.05, 0.1) is 19.1 Å². The van der Waals surface area contributed by atoms with Gasteiger partial charge in [0.15, 0.2) is 0 Å². The molecule has 2 aromatic carbocycles. The molecular formula is C23H17F2N5O3. The molecule has 0 fully saturated rings. The second-order valence-corrected chi connectivity index (χ2v) is 7.57. The number of rotatable bonds is 5. The van der Waals surface area contributed by atoms with Crippen LogP contribution in [0, 0.1) is 18.6 Å². The van der Waals surface area contributed by atoms with Crippen LogP contribution in [0.2, 0.25) is 0 Å². The summed E-state index contributed by atoms with van der Waals surface area (Å²) < 4.78 is 35.7. The molecule has 8 nitrogen and oxygen atoms in total. The van der Waals surface area contributed by atoms with Crippen molar-refractivity contribution in [3.8, 4) is 0 Å². The van der Waals surface area contributed by atoms with Gasteiger partial charge in [0.25, 0.3) is 5.56 Å². The minimum atomic E-state index is -0.585. The number of anilines is 1. The Morgan fingerprint density at radius 1 is 1.18 bits per heavy atom. The number of fused-ring (bicyclic) bond motifs is 3. The van der Waals surface area contributed by atoms with Crippen LogP contribution in [-0.2, 0) is 17.9 Å². The molecule has 166 valence electrons. The van der Waals surface area contributed by atoms with E-state index in [0.717, 1.165) is 22.8 Å². The Hall–Kier alpha value is -4.34. The van der Waals surface area contributed by atoms with E-state index in [1.54, 1.807) is 25.1 Å². The fraction of sp³-hybridized carbons (Fsp3) is 0.130. The van der Waals surface area contributed by atoms with Crippen LogP contribution in [0.1, 0.15) is 11.1 Å². The first-order chi connectivity index (χ1) is 15.9. The molecule has 5 aromatic rings. The number of nitrogens with zero attached hydrogens (tertiary/aromatic N) is 4. The standard InChI is InChI=1S/C23H17F2N5O3/c1-13-9-27-30(10-14-8-15(24)6-7-17(14)25)22(13)28-19(31)11-29-12-26-20-16-4-2-3-5-18(16)33-21(20)23(29)32/h2-9,12H,10-11H2,1H3,(H,28,31). The van der Waals surface area contributed by atoms with Crippen LogP contribution >= 0.6 is 0 Å². The summed E-state index contributed by atoms with van der Waals surface area (Å²) in [7, 11) is 0. The molecule has 0 spiro atoms. The van der Waals surface area contributed by atoms with E-state index < -0.39 is 23.1 Å². The van der Waals surface area contributed by atoms with Crippen molar-refractivity contribution in [3.63, 3.8) is 0 Å². The first-order valence-electron chi connectivity index (χ1n) is 10.0. The molecule has 0 aliphatic rings. The fourth-order valence-electron chi connectivity index (χ4n) is 3.64. The normalized spacial score (nSPS) is 11.4. The fourth-order valence-corrected chi connectivity index (χ4v) is 3.64. The Morgan fingerprint density at radius 2 is 2.00 bits per heavy atom. The van der Waals surface area contributed by atoms with Gasteiger partial charge in [-0.2, -0.15) is 5.10 Å². The van der Waals surface area contributed by atoms with Gasteiger partial charge in [-0.15, -0.1) is 0 Å². The number of hydrogen-bond acceptors (Lipinski definition) is 5. The largest absolute Gasteiger partial charge is 0.448 e. The maximum atomic E-state index is 14.0. The van der Waals surface area contributed by atoms with Crippen molar-refractivity contribution >= 4 is 33.8 Å². The molecule has 0 saturated heterocycles. The van der Waals surface area contributed by atoms with E-state index in [1.807, 2.05) is 6.07 Å². The summed E-state index contributed by atoms with van der Waals surface area (Å²) in [4.78, 5) is 29.8. The van der Waals surface area contributed by atoms with Crippen LogP contribution in [0.25, 0.3) is 22.1 Å². The number of halogens is 2. The highest BCUT2D eigenvalue weighted by Gasteiger charge is 2.17. The van der Waals surface area contributed by atoms with E-state index in [2.05, 4.69) is 15.4 Å². The summed E-state index contributed by atoms with van der Waals surface area (Å²) in [5.74, 6) is -1.36. The monoisotopic (exact) mass is 449 g/mol. The SMILES string of the molecule is Cc1cnn(Cc2cc(F)ccc2F)c1NC(=O)Cn1cnc2c(oc3ccccc32)c1=O. The summed E-state index contributed by atoms with van der Waals surface area (Å²) >= 11 is 0. The van der Waals surface area contributed by atoms with Crippen molar-refractivity contribution in [2.75, 3.05) is 5.32 Å². The highest BCUT2D eigenvalue weighted by atomic mass is 19.1. The molecule has 0 unspecified atom stereocenters. The average Bonchev–Trinajstić information content (AvgIpc) is 3.34. The summed E-state index contributed by atoms with van der Waals surface area (Å²) in [6, 6.07) is 10.3. The lowest BCUT2D eigenvalue weighted by atomic mass is 10.2. The molecule has 1 amide bonds. The smallest absolute Gasteiger partial charge is 0.297 e. The molecule has 3 heterocycles. The number of aryl methyl sites for hydroxylation is 1. The molecule has 0 aliphatic carbocycles. The van der Waals surface area contributed by atoms with Crippen LogP contribution in [0.15, 0.2) is 64.2 Å². The Kier molecular flexibility index (Phi) is 4.97. The highest BCUT2D eigenvalue weighted by Crippen LogP contribution is 2.24. The van der Waals surface area contributed by atoms with E-state index in [1.165, 1.54) is 17.2 Å². The molecule has 0 aliphatic heterocycles. The maximum Gasteiger partial charge on any atom is 0.297 e. The Morgan fingerprint density at radius 3 is 2.85 bits per heavy atom. The van der Waals surface area contributed by atoms with Gasteiger partial charge in [0.2, 0.25) is 11.5 Å². The van der Waals surface area contributed by atoms with Crippen LogP contribution in [0.3, 0.4) is 0 Å². The zero-order valence-corrected chi connectivity index (χ0v) is 17.4. The molecule has 10 heteroatoms. The minimum Gasteiger partial charge on any atom is -0.448 e. The third-order valence-corrected chi connectivity index (χ3v) is 5.27. The zero-order valence-electron chi connectivity index (χ0n) is 17.4. The van der Waals surface area contributed by atoms with Gasteiger partial charge in [0.1, 0.15) is 35.1 Å². The molecule has 0 radical (unpaired) electrons. The Bertz CT molecular complexity index is 1580. The zero-order chi connectivity index (χ0) is 23.1. The van der Waals surface area contributed by atoms with Gasteiger partial charge in [-0.1, -0.05) is 12.1 Å².